The summed E-state index contributed by atoms with van der Waals surface area (Å²) in [4.78, 5) is 34.7. The predicted octanol–water partition coefficient (Wildman–Crippen LogP) is 7.63. The van der Waals surface area contributed by atoms with Gasteiger partial charge >= 0.3 is 11.9 Å². The number of carbonyl (C=O) groups excluding carboxylic acids is 2. The van der Waals surface area contributed by atoms with Crippen molar-refractivity contribution in [3.63, 3.8) is 0 Å². The van der Waals surface area contributed by atoms with Crippen molar-refractivity contribution in [2.45, 2.75) is 11.5 Å². The molecule has 3 heterocycles. The van der Waals surface area contributed by atoms with Gasteiger partial charge in [-0.2, -0.15) is 0 Å². The molecule has 8 rings (SSSR count). The first kappa shape index (κ1) is 40.9. The Bertz CT molecular complexity index is 2390. The minimum Gasteiger partial charge on any atom is -0.487 e. The number of hydrogen-bond acceptors (Lipinski definition) is 12. The van der Waals surface area contributed by atoms with Gasteiger partial charge in [0.2, 0.25) is 0 Å². The average Bonchev–Trinajstić information content (AvgIpc) is 3.63. The van der Waals surface area contributed by atoms with Crippen LogP contribution in [0.4, 0.5) is 5.69 Å². The lowest BCUT2D eigenvalue weighted by molar-refractivity contribution is -0.140. The number of esters is 2. The molecule has 0 radical (unpaired) electrons. The third-order valence-corrected chi connectivity index (χ3v) is 10.7. The molecule has 5 aromatic carbocycles. The zero-order chi connectivity index (χ0) is 42.0. The van der Waals surface area contributed by atoms with Gasteiger partial charge in [0.05, 0.1) is 63.4 Å². The van der Waals surface area contributed by atoms with Crippen molar-refractivity contribution in [3.05, 3.63) is 167 Å². The lowest BCUT2D eigenvalue weighted by Gasteiger charge is -2.43. The standard InChI is InChI=1S/C49H46N2O10/c1-54-47(52)44-45(48(53)55-2)51-23-22-37-38(46(51)49(44,35-12-5-3-6-13-35)36-14-7-4-8-15-36)16-11-17-39(37)50-33-34-20-21-42-43(32-34)61-31-27-57-25-29-59-41-19-10-9-18-40(41)58-28-24-56-26-30-60-42/h3-23,32-33,46H,24-31H2,1-2H3. The number of hydrogen-bond donors (Lipinski definition) is 0. The summed E-state index contributed by atoms with van der Waals surface area (Å²) < 4.78 is 46.5. The summed E-state index contributed by atoms with van der Waals surface area (Å²) in [6.45, 7) is 2.73. The van der Waals surface area contributed by atoms with E-state index in [0.717, 1.165) is 27.8 Å². The van der Waals surface area contributed by atoms with Crippen molar-refractivity contribution in [1.29, 1.82) is 0 Å². The molecule has 12 nitrogen and oxygen atoms in total. The molecule has 3 aliphatic rings. The van der Waals surface area contributed by atoms with E-state index in [-0.39, 0.29) is 17.9 Å². The Balaban J connectivity index is 1.11. The van der Waals surface area contributed by atoms with Crippen LogP contribution in [0.15, 0.2) is 144 Å². The van der Waals surface area contributed by atoms with Crippen LogP contribution in [0.25, 0.3) is 6.08 Å². The number of ether oxygens (including phenoxy) is 8. The van der Waals surface area contributed by atoms with Gasteiger partial charge < -0.3 is 42.8 Å². The summed E-state index contributed by atoms with van der Waals surface area (Å²) in [5.41, 5.74) is 3.85. The Labute approximate surface area is 354 Å². The Kier molecular flexibility index (Phi) is 12.7. The first-order valence-electron chi connectivity index (χ1n) is 20.1. The van der Waals surface area contributed by atoms with Crippen LogP contribution in [0, 0.1) is 0 Å². The topological polar surface area (TPSA) is 124 Å². The SMILES string of the molecule is COC(=O)C1=C(C(=O)OC)C(c2ccccc2)(c2ccccc2)C2c3cccc(N=Cc4ccc5c(c4)OCCOCCOc4ccccc4OCCOCCO5)c3C=CN12. The molecule has 0 aromatic heterocycles. The largest absolute Gasteiger partial charge is 0.487 e. The van der Waals surface area contributed by atoms with E-state index in [2.05, 4.69) is 0 Å². The summed E-state index contributed by atoms with van der Waals surface area (Å²) in [5.74, 6) is 1.10. The van der Waals surface area contributed by atoms with E-state index in [1.54, 1.807) is 6.21 Å². The van der Waals surface area contributed by atoms with Gasteiger partial charge in [0.15, 0.2) is 23.0 Å². The van der Waals surface area contributed by atoms with Crippen molar-refractivity contribution in [3.8, 4) is 23.0 Å². The van der Waals surface area contributed by atoms with Gasteiger partial charge in [-0.25, -0.2) is 9.59 Å². The van der Waals surface area contributed by atoms with Crippen molar-refractivity contribution in [2.75, 3.05) is 67.1 Å². The van der Waals surface area contributed by atoms with Gasteiger partial charge in [-0.1, -0.05) is 84.9 Å². The summed E-state index contributed by atoms with van der Waals surface area (Å²) >= 11 is 0. The summed E-state index contributed by atoms with van der Waals surface area (Å²) in [5, 5.41) is 0. The van der Waals surface area contributed by atoms with Gasteiger partial charge in [-0.05, 0) is 64.7 Å². The fourth-order valence-corrected chi connectivity index (χ4v) is 8.14. The quantitative estimate of drug-likeness (QED) is 0.124. The molecule has 3 aliphatic heterocycles. The Morgan fingerprint density at radius 2 is 1.16 bits per heavy atom. The molecule has 312 valence electrons. The van der Waals surface area contributed by atoms with E-state index in [9.17, 15) is 9.59 Å². The molecule has 0 spiro atoms. The van der Waals surface area contributed by atoms with Crippen LogP contribution in [-0.4, -0.2) is 90.1 Å². The maximum absolute atomic E-state index is 14.1. The molecule has 0 saturated heterocycles. The summed E-state index contributed by atoms with van der Waals surface area (Å²) in [7, 11) is 2.63. The molecule has 5 aromatic rings. The predicted molar refractivity (Wildman–Crippen MR) is 229 cm³/mol. The average molecular weight is 823 g/mol. The van der Waals surface area contributed by atoms with Gasteiger partial charge in [-0.3, -0.25) is 4.99 Å². The van der Waals surface area contributed by atoms with Gasteiger partial charge in [-0.15, -0.1) is 0 Å². The highest BCUT2D eigenvalue weighted by Crippen LogP contribution is 2.60. The van der Waals surface area contributed by atoms with Crippen LogP contribution in [0.3, 0.4) is 0 Å². The third-order valence-electron chi connectivity index (χ3n) is 10.7. The van der Waals surface area contributed by atoms with Gasteiger partial charge in [0, 0.05) is 18.0 Å². The molecule has 0 N–H and O–H groups in total. The highest BCUT2D eigenvalue weighted by molar-refractivity contribution is 6.05. The van der Waals surface area contributed by atoms with Crippen LogP contribution in [0.1, 0.15) is 33.9 Å². The number of methoxy groups -OCH3 is 2. The normalized spacial score (nSPS) is 17.7. The summed E-state index contributed by atoms with van der Waals surface area (Å²) in [6.07, 6.45) is 5.51. The molecule has 0 saturated carbocycles. The van der Waals surface area contributed by atoms with E-state index in [0.29, 0.717) is 74.9 Å². The molecule has 0 aliphatic carbocycles. The molecular formula is C49H46N2O10. The third kappa shape index (κ3) is 8.32. The van der Waals surface area contributed by atoms with E-state index in [1.807, 2.05) is 139 Å². The number of carbonyl (C=O) groups is 2. The van der Waals surface area contributed by atoms with Crippen molar-refractivity contribution >= 4 is 29.9 Å². The van der Waals surface area contributed by atoms with E-state index >= 15 is 0 Å². The van der Waals surface area contributed by atoms with Crippen LogP contribution in [-0.2, 0) is 34.0 Å². The second-order valence-corrected chi connectivity index (χ2v) is 14.2. The number of fused-ring (bicyclic) bond motifs is 5. The number of para-hydroxylation sites is 2. The van der Waals surface area contributed by atoms with Gasteiger partial charge in [0.25, 0.3) is 0 Å². The first-order chi connectivity index (χ1) is 30.0. The fraction of sp³-hybridized carbons (Fsp3) is 0.245. The highest BCUT2D eigenvalue weighted by Gasteiger charge is 2.60. The van der Waals surface area contributed by atoms with E-state index in [4.69, 9.17) is 42.9 Å². The molecule has 61 heavy (non-hydrogen) atoms. The minimum absolute atomic E-state index is 0.108. The molecule has 1 unspecified atom stereocenters. The minimum atomic E-state index is -1.19. The molecular weight excluding hydrogens is 777 g/mol. The Hall–Kier alpha value is -6.89. The monoisotopic (exact) mass is 822 g/mol. The Morgan fingerprint density at radius 1 is 0.623 bits per heavy atom. The fourth-order valence-electron chi connectivity index (χ4n) is 8.14. The van der Waals surface area contributed by atoms with Crippen LogP contribution in [0.5, 0.6) is 23.0 Å². The number of rotatable bonds is 6. The molecule has 1 atom stereocenters. The zero-order valence-corrected chi connectivity index (χ0v) is 34.0. The van der Waals surface area contributed by atoms with Crippen LogP contribution < -0.4 is 18.9 Å². The second kappa shape index (κ2) is 19.0. The first-order valence-corrected chi connectivity index (χ1v) is 20.1. The molecule has 0 bridgehead atoms. The van der Waals surface area contributed by atoms with Crippen molar-refractivity contribution < 1.29 is 47.5 Å². The lowest BCUT2D eigenvalue weighted by atomic mass is 9.63. The molecule has 0 amide bonds. The highest BCUT2D eigenvalue weighted by atomic mass is 16.6. The van der Waals surface area contributed by atoms with Crippen molar-refractivity contribution in [1.82, 2.24) is 4.90 Å². The lowest BCUT2D eigenvalue weighted by Crippen LogP contribution is -2.41. The zero-order valence-electron chi connectivity index (χ0n) is 34.0. The number of nitrogens with zero attached hydrogens (tertiary/aromatic N) is 2. The van der Waals surface area contributed by atoms with Crippen LogP contribution >= 0.6 is 0 Å². The van der Waals surface area contributed by atoms with Gasteiger partial charge in [0.1, 0.15) is 32.1 Å². The number of benzene rings is 5. The summed E-state index contributed by atoms with van der Waals surface area (Å²) in [6, 6.07) is 37.9. The van der Waals surface area contributed by atoms with E-state index in [1.165, 1.54) is 14.2 Å². The second-order valence-electron chi connectivity index (χ2n) is 14.2. The molecule has 0 fully saturated rings. The van der Waals surface area contributed by atoms with E-state index < -0.39 is 23.4 Å². The maximum Gasteiger partial charge on any atom is 0.355 e. The number of aliphatic imine (C=N–C) groups is 1. The Morgan fingerprint density at radius 3 is 1.74 bits per heavy atom. The van der Waals surface area contributed by atoms with Crippen molar-refractivity contribution in [2.24, 2.45) is 4.99 Å². The molecule has 12 heteroatoms. The smallest absolute Gasteiger partial charge is 0.355 e. The maximum atomic E-state index is 14.1. The van der Waals surface area contributed by atoms with Crippen LogP contribution in [0.2, 0.25) is 0 Å².